The number of aryl methyl sites for hydroxylation is 1. The third-order valence-corrected chi connectivity index (χ3v) is 2.24. The van der Waals surface area contributed by atoms with Gasteiger partial charge in [0.05, 0.1) is 6.54 Å². The standard InChI is InChI=1S/C12H15F4NO/c1-8-4-3-5-10(11(8)13)18-9(2)6-17-7-12(14,15)16/h3-5,9,17H,6-7H2,1-2H3. The van der Waals surface area contributed by atoms with Crippen LogP contribution in [0.25, 0.3) is 0 Å². The fourth-order valence-electron chi connectivity index (χ4n) is 1.39. The summed E-state index contributed by atoms with van der Waals surface area (Å²) in [5.41, 5.74) is 0.433. The zero-order valence-electron chi connectivity index (χ0n) is 10.1. The second-order valence-electron chi connectivity index (χ2n) is 4.06. The first-order valence-corrected chi connectivity index (χ1v) is 5.49. The molecule has 0 heterocycles. The highest BCUT2D eigenvalue weighted by Gasteiger charge is 2.26. The fraction of sp³-hybridized carbons (Fsp3) is 0.500. The van der Waals surface area contributed by atoms with E-state index in [1.54, 1.807) is 26.0 Å². The predicted octanol–water partition coefficient (Wildman–Crippen LogP) is 3.05. The summed E-state index contributed by atoms with van der Waals surface area (Å²) in [6.45, 7) is 2.07. The van der Waals surface area contributed by atoms with Crippen LogP contribution in [0.15, 0.2) is 18.2 Å². The Kier molecular flexibility index (Phi) is 4.95. The largest absolute Gasteiger partial charge is 0.486 e. The Bertz CT molecular complexity index is 392. The molecule has 0 saturated carbocycles. The first kappa shape index (κ1) is 14.8. The maximum Gasteiger partial charge on any atom is 0.401 e. The van der Waals surface area contributed by atoms with Crippen molar-refractivity contribution in [3.8, 4) is 5.75 Å². The van der Waals surface area contributed by atoms with Crippen molar-refractivity contribution in [2.24, 2.45) is 0 Å². The molecule has 0 aliphatic carbocycles. The number of rotatable bonds is 5. The third-order valence-electron chi connectivity index (χ3n) is 2.24. The Hall–Kier alpha value is -1.30. The van der Waals surface area contributed by atoms with Crippen LogP contribution >= 0.6 is 0 Å². The highest BCUT2D eigenvalue weighted by molar-refractivity contribution is 5.30. The van der Waals surface area contributed by atoms with Gasteiger partial charge in [0.2, 0.25) is 0 Å². The number of hydrogen-bond donors (Lipinski definition) is 1. The first-order chi connectivity index (χ1) is 8.29. The Balaban J connectivity index is 2.45. The van der Waals surface area contributed by atoms with E-state index in [2.05, 4.69) is 5.32 Å². The maximum atomic E-state index is 13.5. The zero-order chi connectivity index (χ0) is 13.8. The summed E-state index contributed by atoms with van der Waals surface area (Å²) in [4.78, 5) is 0. The molecule has 1 atom stereocenters. The number of nitrogens with one attached hydrogen (secondary N) is 1. The van der Waals surface area contributed by atoms with Crippen molar-refractivity contribution in [1.29, 1.82) is 0 Å². The molecule has 1 aromatic rings. The van der Waals surface area contributed by atoms with Crippen LogP contribution < -0.4 is 10.1 Å². The summed E-state index contributed by atoms with van der Waals surface area (Å²) in [7, 11) is 0. The number of halogens is 4. The highest BCUT2D eigenvalue weighted by atomic mass is 19.4. The molecule has 2 nitrogen and oxygen atoms in total. The lowest BCUT2D eigenvalue weighted by molar-refractivity contribution is -0.125. The minimum absolute atomic E-state index is 0.00705. The van der Waals surface area contributed by atoms with Crippen LogP contribution in [0, 0.1) is 12.7 Å². The monoisotopic (exact) mass is 265 g/mol. The molecular formula is C12H15F4NO. The molecule has 1 N–H and O–H groups in total. The average Bonchev–Trinajstić information content (AvgIpc) is 2.23. The molecule has 18 heavy (non-hydrogen) atoms. The van der Waals surface area contributed by atoms with Crippen LogP contribution in [0.1, 0.15) is 12.5 Å². The van der Waals surface area contributed by atoms with Crippen molar-refractivity contribution in [3.63, 3.8) is 0 Å². The fourth-order valence-corrected chi connectivity index (χ4v) is 1.39. The molecule has 0 radical (unpaired) electrons. The molecule has 0 aliphatic rings. The lowest BCUT2D eigenvalue weighted by Gasteiger charge is -2.17. The average molecular weight is 265 g/mol. The van der Waals surface area contributed by atoms with Crippen LogP contribution in [0.3, 0.4) is 0 Å². The van der Waals surface area contributed by atoms with Crippen LogP contribution in [-0.2, 0) is 0 Å². The van der Waals surface area contributed by atoms with Gasteiger partial charge < -0.3 is 10.1 Å². The highest BCUT2D eigenvalue weighted by Crippen LogP contribution is 2.20. The summed E-state index contributed by atoms with van der Waals surface area (Å²) >= 11 is 0. The van der Waals surface area contributed by atoms with E-state index >= 15 is 0 Å². The van der Waals surface area contributed by atoms with E-state index in [1.807, 2.05) is 0 Å². The number of hydrogen-bond acceptors (Lipinski definition) is 2. The molecule has 6 heteroatoms. The Morgan fingerprint density at radius 3 is 2.61 bits per heavy atom. The molecule has 0 fully saturated rings. The van der Waals surface area contributed by atoms with Crippen LogP contribution in [0.2, 0.25) is 0 Å². The Labute approximate surface area is 103 Å². The van der Waals surface area contributed by atoms with Gasteiger partial charge in [0.1, 0.15) is 6.10 Å². The van der Waals surface area contributed by atoms with Gasteiger partial charge in [-0.05, 0) is 25.5 Å². The van der Waals surface area contributed by atoms with E-state index in [0.29, 0.717) is 5.56 Å². The topological polar surface area (TPSA) is 21.3 Å². The van der Waals surface area contributed by atoms with Gasteiger partial charge in [-0.3, -0.25) is 0 Å². The lowest BCUT2D eigenvalue weighted by atomic mass is 10.2. The predicted molar refractivity (Wildman–Crippen MR) is 60.2 cm³/mol. The molecule has 0 amide bonds. The minimum Gasteiger partial charge on any atom is -0.486 e. The molecule has 0 spiro atoms. The number of alkyl halides is 3. The van der Waals surface area contributed by atoms with Crippen LogP contribution in [-0.4, -0.2) is 25.4 Å². The van der Waals surface area contributed by atoms with Gasteiger partial charge in [-0.1, -0.05) is 12.1 Å². The number of benzene rings is 1. The third kappa shape index (κ3) is 4.91. The van der Waals surface area contributed by atoms with Crippen molar-refractivity contribution in [3.05, 3.63) is 29.6 Å². The van der Waals surface area contributed by atoms with Crippen molar-refractivity contribution in [1.82, 2.24) is 5.32 Å². The van der Waals surface area contributed by atoms with Gasteiger partial charge in [0.25, 0.3) is 0 Å². The van der Waals surface area contributed by atoms with E-state index < -0.39 is 24.6 Å². The molecule has 0 aromatic heterocycles. The summed E-state index contributed by atoms with van der Waals surface area (Å²) in [6.07, 6.45) is -4.81. The molecule has 0 bridgehead atoms. The van der Waals surface area contributed by atoms with E-state index in [-0.39, 0.29) is 12.3 Å². The second kappa shape index (κ2) is 6.04. The maximum absolute atomic E-state index is 13.5. The Morgan fingerprint density at radius 1 is 1.33 bits per heavy atom. The normalized spacial score (nSPS) is 13.4. The second-order valence-corrected chi connectivity index (χ2v) is 4.06. The van der Waals surface area contributed by atoms with Crippen molar-refractivity contribution in [2.75, 3.05) is 13.1 Å². The van der Waals surface area contributed by atoms with Crippen LogP contribution in [0.5, 0.6) is 5.75 Å². The summed E-state index contributed by atoms with van der Waals surface area (Å²) in [5.74, 6) is -0.434. The zero-order valence-corrected chi connectivity index (χ0v) is 10.1. The van der Waals surface area contributed by atoms with E-state index in [0.717, 1.165) is 0 Å². The van der Waals surface area contributed by atoms with Gasteiger partial charge in [-0.25, -0.2) is 4.39 Å². The molecule has 102 valence electrons. The van der Waals surface area contributed by atoms with Gasteiger partial charge in [0.15, 0.2) is 11.6 Å². The van der Waals surface area contributed by atoms with Crippen molar-refractivity contribution < 1.29 is 22.3 Å². The smallest absolute Gasteiger partial charge is 0.401 e. The SMILES string of the molecule is Cc1cccc(OC(C)CNCC(F)(F)F)c1F. The summed E-state index contributed by atoms with van der Waals surface area (Å²) in [6, 6.07) is 4.67. The first-order valence-electron chi connectivity index (χ1n) is 5.49. The van der Waals surface area contributed by atoms with Gasteiger partial charge in [-0.15, -0.1) is 0 Å². The molecule has 0 aliphatic heterocycles. The van der Waals surface area contributed by atoms with Gasteiger partial charge >= 0.3 is 6.18 Å². The minimum atomic E-state index is -4.26. The summed E-state index contributed by atoms with van der Waals surface area (Å²) < 4.78 is 54.4. The van der Waals surface area contributed by atoms with Gasteiger partial charge in [-0.2, -0.15) is 13.2 Å². The molecule has 1 unspecified atom stereocenters. The van der Waals surface area contributed by atoms with Crippen molar-refractivity contribution >= 4 is 0 Å². The van der Waals surface area contributed by atoms with Crippen LogP contribution in [0.4, 0.5) is 17.6 Å². The Morgan fingerprint density at radius 2 is 2.00 bits per heavy atom. The van der Waals surface area contributed by atoms with E-state index in [1.165, 1.54) is 6.07 Å². The quantitative estimate of drug-likeness (QED) is 0.826. The molecule has 1 rings (SSSR count). The number of ether oxygens (including phenoxy) is 1. The van der Waals surface area contributed by atoms with E-state index in [9.17, 15) is 17.6 Å². The lowest BCUT2D eigenvalue weighted by Crippen LogP contribution is -2.35. The molecule has 1 aromatic carbocycles. The molecular weight excluding hydrogens is 250 g/mol. The summed E-state index contributed by atoms with van der Waals surface area (Å²) in [5, 5.41) is 2.21. The van der Waals surface area contributed by atoms with E-state index in [4.69, 9.17) is 4.74 Å². The van der Waals surface area contributed by atoms with Crippen molar-refractivity contribution in [2.45, 2.75) is 26.1 Å². The molecule has 0 saturated heterocycles. The van der Waals surface area contributed by atoms with Gasteiger partial charge in [0, 0.05) is 6.54 Å².